The number of aliphatic hydroxyl groups is 4. The number of unbranched alkanes of at least 4 members (excludes halogenated alkanes) is 22. The number of rotatable bonds is 36. The summed E-state index contributed by atoms with van der Waals surface area (Å²) in [6, 6.07) is -1.03. The van der Waals surface area contributed by atoms with E-state index in [-0.39, 0.29) is 6.42 Å². The summed E-state index contributed by atoms with van der Waals surface area (Å²) in [6.45, 7) is 3.99. The second-order valence-corrected chi connectivity index (χ2v) is 14.0. The maximum Gasteiger partial charge on any atom is 0.249 e. The summed E-state index contributed by atoms with van der Waals surface area (Å²) in [5, 5.41) is 43.4. The maximum absolute atomic E-state index is 12.4. The van der Waals surface area contributed by atoms with E-state index >= 15 is 0 Å². The molecule has 6 heteroatoms. The van der Waals surface area contributed by atoms with Gasteiger partial charge in [-0.15, -0.1) is 0 Å². The van der Waals surface area contributed by atoms with Crippen LogP contribution in [-0.4, -0.2) is 57.3 Å². The third-order valence-corrected chi connectivity index (χ3v) is 9.33. The molecule has 0 aromatic carbocycles. The van der Waals surface area contributed by atoms with Crippen LogP contribution in [-0.2, 0) is 4.79 Å². The summed E-state index contributed by atoms with van der Waals surface area (Å²) in [6.07, 6.45) is 42.0. The molecular formula is C42H79NO5. The quantitative estimate of drug-likeness (QED) is 0.0335. The molecule has 0 heterocycles. The van der Waals surface area contributed by atoms with Crippen LogP contribution in [0.1, 0.15) is 194 Å². The van der Waals surface area contributed by atoms with Crippen molar-refractivity contribution >= 4 is 5.91 Å². The number of aliphatic hydroxyl groups excluding tert-OH is 4. The maximum atomic E-state index is 12.4. The van der Waals surface area contributed by atoms with Gasteiger partial charge in [-0.1, -0.05) is 172 Å². The number of allylic oxidation sites excluding steroid dienone is 5. The number of hydrogen-bond acceptors (Lipinski definition) is 5. The van der Waals surface area contributed by atoms with E-state index in [1.807, 2.05) is 6.08 Å². The molecule has 1 amide bonds. The summed E-state index contributed by atoms with van der Waals surface area (Å²) in [7, 11) is 0. The molecule has 6 nitrogen and oxygen atoms in total. The Balaban J connectivity index is 3.85. The van der Waals surface area contributed by atoms with Crippen LogP contribution in [0.3, 0.4) is 0 Å². The van der Waals surface area contributed by atoms with Crippen molar-refractivity contribution in [2.45, 2.75) is 218 Å². The van der Waals surface area contributed by atoms with Crippen LogP contribution in [0.25, 0.3) is 0 Å². The van der Waals surface area contributed by atoms with E-state index in [1.54, 1.807) is 6.08 Å². The van der Waals surface area contributed by atoms with Gasteiger partial charge in [0.05, 0.1) is 18.8 Å². The van der Waals surface area contributed by atoms with Crippen molar-refractivity contribution in [1.29, 1.82) is 0 Å². The van der Waals surface area contributed by atoms with Crippen molar-refractivity contribution in [2.24, 2.45) is 0 Å². The molecular weight excluding hydrogens is 598 g/mol. The molecule has 5 N–H and O–H groups in total. The van der Waals surface area contributed by atoms with E-state index in [4.69, 9.17) is 0 Å². The van der Waals surface area contributed by atoms with E-state index in [0.717, 1.165) is 25.7 Å². The smallest absolute Gasteiger partial charge is 0.249 e. The number of hydrogen-bond donors (Lipinski definition) is 5. The normalized spacial score (nSPS) is 14.7. The number of amides is 1. The Morgan fingerprint density at radius 1 is 0.542 bits per heavy atom. The zero-order valence-electron chi connectivity index (χ0n) is 31.5. The van der Waals surface area contributed by atoms with Crippen molar-refractivity contribution in [2.75, 3.05) is 6.61 Å². The minimum atomic E-state index is -1.30. The first-order valence-electron chi connectivity index (χ1n) is 20.4. The molecule has 0 aliphatic rings. The Bertz CT molecular complexity index is 767. The molecule has 0 aliphatic carbocycles. The van der Waals surface area contributed by atoms with Crippen LogP contribution in [0.4, 0.5) is 0 Å². The molecule has 0 aromatic rings. The van der Waals surface area contributed by atoms with Gasteiger partial charge in [0, 0.05) is 6.42 Å². The largest absolute Gasteiger partial charge is 0.394 e. The van der Waals surface area contributed by atoms with Gasteiger partial charge in [-0.25, -0.2) is 0 Å². The average molecular weight is 678 g/mol. The second kappa shape index (κ2) is 36.8. The lowest BCUT2D eigenvalue weighted by atomic mass is 10.0. The zero-order valence-corrected chi connectivity index (χ0v) is 31.5. The van der Waals surface area contributed by atoms with Crippen molar-refractivity contribution in [3.05, 3.63) is 36.5 Å². The molecule has 0 bridgehead atoms. The Hall–Kier alpha value is -1.47. The number of nitrogens with one attached hydrogen (secondary N) is 1. The van der Waals surface area contributed by atoms with Crippen LogP contribution in [0.2, 0.25) is 0 Å². The lowest BCUT2D eigenvalue weighted by Crippen LogP contribution is -2.52. The first kappa shape index (κ1) is 46.5. The van der Waals surface area contributed by atoms with Gasteiger partial charge < -0.3 is 25.7 Å². The second-order valence-electron chi connectivity index (χ2n) is 14.0. The highest BCUT2D eigenvalue weighted by Crippen LogP contribution is 2.15. The van der Waals surface area contributed by atoms with Gasteiger partial charge in [0.2, 0.25) is 5.91 Å². The Morgan fingerprint density at radius 2 is 0.938 bits per heavy atom. The van der Waals surface area contributed by atoms with Gasteiger partial charge in [-0.3, -0.25) is 4.79 Å². The van der Waals surface area contributed by atoms with E-state index in [1.165, 1.54) is 135 Å². The van der Waals surface area contributed by atoms with Crippen LogP contribution in [0, 0.1) is 0 Å². The fourth-order valence-corrected chi connectivity index (χ4v) is 6.03. The first-order chi connectivity index (χ1) is 23.5. The summed E-state index contributed by atoms with van der Waals surface area (Å²) in [4.78, 5) is 12.4. The standard InChI is InChI=1S/C42H79NO5/c1-3-5-7-9-11-13-15-17-18-19-20-21-22-23-24-26-27-29-31-33-35-39(45)41(47)38(37-44)43-42(48)40(46)36-34-32-30-28-25-16-14-12-10-8-6-4-2/h25,27-29,32,34,38-41,44-47H,3-24,26,30-31,33,35-37H2,1-2H3,(H,43,48)/b28-25-,29-27+,34-32-. The highest BCUT2D eigenvalue weighted by molar-refractivity contribution is 5.81. The zero-order chi connectivity index (χ0) is 35.3. The third-order valence-electron chi connectivity index (χ3n) is 9.33. The molecule has 282 valence electrons. The summed E-state index contributed by atoms with van der Waals surface area (Å²) in [5.74, 6) is -0.662. The molecule has 4 unspecified atom stereocenters. The summed E-state index contributed by atoms with van der Waals surface area (Å²) < 4.78 is 0. The first-order valence-corrected chi connectivity index (χ1v) is 20.4. The molecule has 0 radical (unpaired) electrons. The number of carbonyl (C=O) groups excluding carboxylic acids is 1. The van der Waals surface area contributed by atoms with E-state index in [2.05, 4.69) is 43.5 Å². The third kappa shape index (κ3) is 30.6. The molecule has 0 spiro atoms. The van der Waals surface area contributed by atoms with Gasteiger partial charge in [-0.05, 0) is 51.4 Å². The molecule has 0 aromatic heterocycles. The predicted octanol–water partition coefficient (Wildman–Crippen LogP) is 10.2. The van der Waals surface area contributed by atoms with E-state index in [9.17, 15) is 25.2 Å². The summed E-state index contributed by atoms with van der Waals surface area (Å²) >= 11 is 0. The van der Waals surface area contributed by atoms with Gasteiger partial charge in [0.15, 0.2) is 0 Å². The van der Waals surface area contributed by atoms with Gasteiger partial charge in [0.25, 0.3) is 0 Å². The Morgan fingerprint density at radius 3 is 1.40 bits per heavy atom. The van der Waals surface area contributed by atoms with Crippen LogP contribution in [0.15, 0.2) is 36.5 Å². The van der Waals surface area contributed by atoms with Gasteiger partial charge >= 0.3 is 0 Å². The molecule has 0 saturated carbocycles. The highest BCUT2D eigenvalue weighted by Gasteiger charge is 2.28. The molecule has 0 fully saturated rings. The van der Waals surface area contributed by atoms with Crippen molar-refractivity contribution in [1.82, 2.24) is 5.32 Å². The van der Waals surface area contributed by atoms with E-state index < -0.39 is 36.9 Å². The lowest BCUT2D eigenvalue weighted by molar-refractivity contribution is -0.132. The molecule has 0 rings (SSSR count). The van der Waals surface area contributed by atoms with Crippen LogP contribution >= 0.6 is 0 Å². The Labute approximate surface area is 297 Å². The molecule has 0 aliphatic heterocycles. The summed E-state index contributed by atoms with van der Waals surface area (Å²) in [5.41, 5.74) is 0. The fourth-order valence-electron chi connectivity index (χ4n) is 6.03. The Kier molecular flexibility index (Phi) is 35.7. The van der Waals surface area contributed by atoms with Crippen molar-refractivity contribution in [3.63, 3.8) is 0 Å². The van der Waals surface area contributed by atoms with E-state index in [0.29, 0.717) is 12.8 Å². The van der Waals surface area contributed by atoms with Crippen LogP contribution < -0.4 is 5.32 Å². The monoisotopic (exact) mass is 678 g/mol. The minimum Gasteiger partial charge on any atom is -0.394 e. The fraction of sp³-hybridized carbons (Fsp3) is 0.833. The van der Waals surface area contributed by atoms with Gasteiger partial charge in [-0.2, -0.15) is 0 Å². The SMILES string of the molecule is CCCCCCCC/C=C\C/C=C\CC(O)C(=O)NC(CO)C(O)C(O)CCC/C=C/CCCCCCCCCCCCCCCCC. The van der Waals surface area contributed by atoms with Crippen molar-refractivity contribution in [3.8, 4) is 0 Å². The molecule has 48 heavy (non-hydrogen) atoms. The lowest BCUT2D eigenvalue weighted by Gasteiger charge is -2.27. The predicted molar refractivity (Wildman–Crippen MR) is 205 cm³/mol. The highest BCUT2D eigenvalue weighted by atomic mass is 16.3. The van der Waals surface area contributed by atoms with Crippen molar-refractivity contribution < 1.29 is 25.2 Å². The molecule has 0 saturated heterocycles. The van der Waals surface area contributed by atoms with Crippen LogP contribution in [0.5, 0.6) is 0 Å². The number of carbonyl (C=O) groups is 1. The molecule has 4 atom stereocenters. The average Bonchev–Trinajstić information content (AvgIpc) is 3.09. The minimum absolute atomic E-state index is 0.152. The topological polar surface area (TPSA) is 110 Å². The van der Waals surface area contributed by atoms with Gasteiger partial charge in [0.1, 0.15) is 12.2 Å².